The van der Waals surface area contributed by atoms with Gasteiger partial charge in [-0.25, -0.2) is 4.39 Å². The summed E-state index contributed by atoms with van der Waals surface area (Å²) in [4.78, 5) is 17.1. The van der Waals surface area contributed by atoms with Crippen LogP contribution in [0.15, 0.2) is 57.9 Å². The third-order valence-electron chi connectivity index (χ3n) is 4.87. The molecule has 2 N–H and O–H groups in total. The molecule has 0 spiro atoms. The van der Waals surface area contributed by atoms with Crippen LogP contribution in [0.5, 0.6) is 0 Å². The number of hydrogen-bond donors (Lipinski definition) is 1. The van der Waals surface area contributed by atoms with Crippen LogP contribution in [0.25, 0.3) is 11.0 Å². The number of carbonyl (C=O) groups is 1. The minimum atomic E-state index is -0.710. The van der Waals surface area contributed by atoms with Crippen LogP contribution in [-0.2, 0) is 12.0 Å². The Morgan fingerprint density at radius 1 is 1.30 bits per heavy atom. The molecule has 0 amide bonds. The molecule has 1 aliphatic rings. The average molecular weight is 382 g/mol. The quantitative estimate of drug-likeness (QED) is 0.666. The molecular formula is C21H19FN2O2S. The van der Waals surface area contributed by atoms with E-state index in [-0.39, 0.29) is 18.0 Å². The Kier molecular flexibility index (Phi) is 4.52. The van der Waals surface area contributed by atoms with Gasteiger partial charge in [-0.2, -0.15) is 0 Å². The molecule has 0 saturated carbocycles. The molecule has 6 heteroatoms. The first-order valence-electron chi connectivity index (χ1n) is 8.73. The number of benzene rings is 2. The van der Waals surface area contributed by atoms with E-state index in [1.165, 1.54) is 17.8 Å². The highest BCUT2D eigenvalue weighted by Gasteiger charge is 2.32. The second-order valence-electron chi connectivity index (χ2n) is 6.88. The fourth-order valence-corrected chi connectivity index (χ4v) is 4.34. The van der Waals surface area contributed by atoms with Crippen LogP contribution in [0.4, 0.5) is 4.39 Å². The Morgan fingerprint density at radius 2 is 2.11 bits per heavy atom. The molecule has 3 aromatic rings. The molecule has 0 fully saturated rings. The van der Waals surface area contributed by atoms with Crippen LogP contribution in [-0.4, -0.2) is 16.7 Å². The number of Topliss-reactive ketones (excluding diaryl/α,β-unsaturated/α-hetero) is 1. The van der Waals surface area contributed by atoms with Gasteiger partial charge in [-0.05, 0) is 43.2 Å². The fourth-order valence-electron chi connectivity index (χ4n) is 3.37. The van der Waals surface area contributed by atoms with Gasteiger partial charge in [0.25, 0.3) is 0 Å². The van der Waals surface area contributed by atoms with Crippen LogP contribution in [0.3, 0.4) is 0 Å². The van der Waals surface area contributed by atoms with Crippen LogP contribution in [0.1, 0.15) is 35.0 Å². The first-order valence-corrected chi connectivity index (χ1v) is 9.72. The summed E-state index contributed by atoms with van der Waals surface area (Å²) >= 11 is 1.47. The number of nitrogens with two attached hydrogens (primary N) is 1. The molecule has 0 aliphatic carbocycles. The number of furan rings is 1. The van der Waals surface area contributed by atoms with Gasteiger partial charge in [0.2, 0.25) is 5.78 Å². The van der Waals surface area contributed by atoms with E-state index < -0.39 is 5.54 Å². The molecule has 0 bridgehead atoms. The highest BCUT2D eigenvalue weighted by molar-refractivity contribution is 8.13. The SMILES string of the molecule is C[C@@]1(c2cc(CC(=O)c3cc4ccccc4o3)ccc2F)CCSC(N)=N1. The lowest BCUT2D eigenvalue weighted by atomic mass is 9.87. The standard InChI is InChI=1S/C21H19FN2O2S/c1-21(8-9-27-20(23)24-21)15-10-13(6-7-16(15)22)11-17(25)19-12-14-4-2-3-5-18(14)26-19/h2-7,10,12H,8-9,11H2,1H3,(H2,23,24)/t21-/m0/s1. The number of rotatable bonds is 4. The minimum absolute atomic E-state index is 0.136. The van der Waals surface area contributed by atoms with E-state index in [0.29, 0.717) is 28.5 Å². The van der Waals surface area contributed by atoms with Crippen molar-refractivity contribution in [3.05, 3.63) is 71.2 Å². The number of amidine groups is 1. The topological polar surface area (TPSA) is 68.6 Å². The molecule has 0 unspecified atom stereocenters. The Morgan fingerprint density at radius 3 is 2.89 bits per heavy atom. The summed E-state index contributed by atoms with van der Waals surface area (Å²) in [6, 6.07) is 14.0. The summed E-state index contributed by atoms with van der Waals surface area (Å²) in [6.45, 7) is 1.88. The van der Waals surface area contributed by atoms with E-state index in [1.807, 2.05) is 31.2 Å². The van der Waals surface area contributed by atoms with Crippen LogP contribution in [0.2, 0.25) is 0 Å². The van der Waals surface area contributed by atoms with Crippen molar-refractivity contribution in [3.8, 4) is 0 Å². The number of hydrogen-bond acceptors (Lipinski definition) is 5. The number of nitrogens with zero attached hydrogens (tertiary/aromatic N) is 1. The second kappa shape index (κ2) is 6.85. The van der Waals surface area contributed by atoms with Gasteiger partial charge >= 0.3 is 0 Å². The Bertz CT molecular complexity index is 1030. The van der Waals surface area contributed by atoms with Gasteiger partial charge in [-0.15, -0.1) is 0 Å². The lowest BCUT2D eigenvalue weighted by Gasteiger charge is -2.30. The highest BCUT2D eigenvalue weighted by Crippen LogP contribution is 2.37. The average Bonchev–Trinajstić information content (AvgIpc) is 3.07. The van der Waals surface area contributed by atoms with Gasteiger partial charge in [-0.1, -0.05) is 36.0 Å². The van der Waals surface area contributed by atoms with Gasteiger partial charge in [0.1, 0.15) is 11.4 Å². The van der Waals surface area contributed by atoms with E-state index >= 15 is 0 Å². The smallest absolute Gasteiger partial charge is 0.202 e. The van der Waals surface area contributed by atoms with Gasteiger partial charge in [0.05, 0.1) is 5.54 Å². The van der Waals surface area contributed by atoms with Crippen molar-refractivity contribution < 1.29 is 13.6 Å². The zero-order chi connectivity index (χ0) is 19.0. The highest BCUT2D eigenvalue weighted by atomic mass is 32.2. The summed E-state index contributed by atoms with van der Waals surface area (Å²) in [5.41, 5.74) is 7.02. The molecule has 4 rings (SSSR count). The number of para-hydroxylation sites is 1. The lowest BCUT2D eigenvalue weighted by Crippen LogP contribution is -2.29. The van der Waals surface area contributed by atoms with Crippen LogP contribution in [0, 0.1) is 5.82 Å². The first-order chi connectivity index (χ1) is 12.9. The van der Waals surface area contributed by atoms with Gasteiger partial charge < -0.3 is 10.2 Å². The predicted octanol–water partition coefficient (Wildman–Crippen LogP) is 4.66. The molecular weight excluding hydrogens is 363 g/mol. The van der Waals surface area contributed by atoms with Gasteiger partial charge in [-0.3, -0.25) is 9.79 Å². The van der Waals surface area contributed by atoms with Crippen molar-refractivity contribution >= 4 is 33.7 Å². The molecule has 0 saturated heterocycles. The van der Waals surface area contributed by atoms with Crippen molar-refractivity contribution in [2.75, 3.05) is 5.75 Å². The Balaban J connectivity index is 1.63. The maximum Gasteiger partial charge on any atom is 0.202 e. The molecule has 0 radical (unpaired) electrons. The van der Waals surface area contributed by atoms with Crippen LogP contribution >= 0.6 is 11.8 Å². The zero-order valence-corrected chi connectivity index (χ0v) is 15.7. The van der Waals surface area contributed by atoms with Crippen molar-refractivity contribution in [1.82, 2.24) is 0 Å². The minimum Gasteiger partial charge on any atom is -0.453 e. The number of thioether (sulfide) groups is 1. The van der Waals surface area contributed by atoms with Crippen molar-refractivity contribution in [1.29, 1.82) is 0 Å². The molecule has 1 atom stereocenters. The van der Waals surface area contributed by atoms with Gasteiger partial charge in [0.15, 0.2) is 10.9 Å². The number of carbonyl (C=O) groups excluding carboxylic acids is 1. The summed E-state index contributed by atoms with van der Waals surface area (Å²) in [5, 5.41) is 1.35. The molecule has 138 valence electrons. The zero-order valence-electron chi connectivity index (χ0n) is 14.9. The molecule has 2 aromatic carbocycles. The summed E-state index contributed by atoms with van der Waals surface area (Å²) < 4.78 is 20.1. The van der Waals surface area contributed by atoms with Crippen LogP contribution < -0.4 is 5.73 Å². The summed E-state index contributed by atoms with van der Waals surface area (Å²) in [6.07, 6.45) is 0.827. The van der Waals surface area contributed by atoms with Gasteiger partial charge in [0, 0.05) is 23.1 Å². The fraction of sp³-hybridized carbons (Fsp3) is 0.238. The normalized spacial score (nSPS) is 19.9. The molecule has 2 heterocycles. The monoisotopic (exact) mass is 382 g/mol. The third kappa shape index (κ3) is 3.49. The lowest BCUT2D eigenvalue weighted by molar-refractivity contribution is 0.0968. The maximum atomic E-state index is 14.5. The molecule has 1 aromatic heterocycles. The number of fused-ring (bicyclic) bond motifs is 1. The first kappa shape index (κ1) is 17.8. The van der Waals surface area contributed by atoms with E-state index in [1.54, 1.807) is 18.2 Å². The summed E-state index contributed by atoms with van der Waals surface area (Å²) in [7, 11) is 0. The molecule has 27 heavy (non-hydrogen) atoms. The van der Waals surface area contributed by atoms with E-state index in [2.05, 4.69) is 4.99 Å². The largest absolute Gasteiger partial charge is 0.453 e. The Labute approximate surface area is 160 Å². The van der Waals surface area contributed by atoms with E-state index in [9.17, 15) is 9.18 Å². The van der Waals surface area contributed by atoms with Crippen molar-refractivity contribution in [2.24, 2.45) is 10.7 Å². The number of halogens is 1. The number of aliphatic imine (C=N–C) groups is 1. The third-order valence-corrected chi connectivity index (χ3v) is 5.67. The Hall–Kier alpha value is -2.60. The van der Waals surface area contributed by atoms with E-state index in [0.717, 1.165) is 16.7 Å². The number of ketones is 1. The second-order valence-corrected chi connectivity index (χ2v) is 8.00. The predicted molar refractivity (Wildman–Crippen MR) is 107 cm³/mol. The maximum absolute atomic E-state index is 14.5. The van der Waals surface area contributed by atoms with E-state index in [4.69, 9.17) is 10.2 Å². The molecule has 4 nitrogen and oxygen atoms in total. The summed E-state index contributed by atoms with van der Waals surface area (Å²) in [5.74, 6) is 0.620. The van der Waals surface area contributed by atoms with Crippen molar-refractivity contribution in [3.63, 3.8) is 0 Å². The molecule has 1 aliphatic heterocycles. The van der Waals surface area contributed by atoms with Crippen molar-refractivity contribution in [2.45, 2.75) is 25.3 Å².